The van der Waals surface area contributed by atoms with Crippen LogP contribution in [0.2, 0.25) is 0 Å². The summed E-state index contributed by atoms with van der Waals surface area (Å²) < 4.78 is 29.6. The number of rotatable bonds is 6. The third-order valence-electron chi connectivity index (χ3n) is 7.08. The Bertz CT molecular complexity index is 1240. The number of fused-ring (bicyclic) bond motifs is 2. The summed E-state index contributed by atoms with van der Waals surface area (Å²) in [6.45, 7) is 0. The summed E-state index contributed by atoms with van der Waals surface area (Å²) in [4.78, 5) is 14.6. The van der Waals surface area contributed by atoms with Crippen molar-refractivity contribution in [1.82, 2.24) is 30.5 Å². The Balaban J connectivity index is 1.27. The second kappa shape index (κ2) is 8.94. The second-order valence-corrected chi connectivity index (χ2v) is 10.1. The molecule has 2 bridgehead atoms. The molecule has 0 spiro atoms. The van der Waals surface area contributed by atoms with Gasteiger partial charge >= 0.3 is 0 Å². The largest absolute Gasteiger partial charge is 0.507 e. The minimum atomic E-state index is -0.957. The monoisotopic (exact) mass is 497 g/mol. The molecule has 2 aromatic heterocycles. The van der Waals surface area contributed by atoms with E-state index in [1.165, 1.54) is 17.8 Å². The van der Waals surface area contributed by atoms with E-state index in [1.54, 1.807) is 24.6 Å². The third-order valence-corrected chi connectivity index (χ3v) is 7.64. The fourth-order valence-electron chi connectivity index (χ4n) is 5.25. The molecular formula is C24H25F2N7OS. The molecule has 3 aromatic rings. The molecule has 0 unspecified atom stereocenters. The molecule has 0 radical (unpaired) electrons. The van der Waals surface area contributed by atoms with Crippen molar-refractivity contribution in [2.75, 3.05) is 11.2 Å². The summed E-state index contributed by atoms with van der Waals surface area (Å²) in [5, 5.41) is 23.1. The predicted octanol–water partition coefficient (Wildman–Crippen LogP) is 3.76. The molecular weight excluding hydrogens is 472 g/mol. The van der Waals surface area contributed by atoms with Crippen LogP contribution in [-0.4, -0.2) is 66.9 Å². The maximum Gasteiger partial charge on any atom is 0.187 e. The predicted molar refractivity (Wildman–Crippen MR) is 128 cm³/mol. The summed E-state index contributed by atoms with van der Waals surface area (Å²) >= 11 is 1.30. The first-order chi connectivity index (χ1) is 17.0. The van der Waals surface area contributed by atoms with Crippen LogP contribution in [0.15, 0.2) is 35.7 Å². The minimum absolute atomic E-state index is 0.0950. The Morgan fingerprint density at radius 1 is 1.11 bits per heavy atom. The Kier molecular flexibility index (Phi) is 5.76. The van der Waals surface area contributed by atoms with Crippen molar-refractivity contribution in [3.63, 3.8) is 0 Å². The van der Waals surface area contributed by atoms with Crippen LogP contribution in [0.4, 0.5) is 14.6 Å². The maximum absolute atomic E-state index is 15.3. The molecule has 2 aliphatic heterocycles. The van der Waals surface area contributed by atoms with E-state index >= 15 is 4.39 Å². The zero-order valence-electron chi connectivity index (χ0n) is 19.1. The lowest BCUT2D eigenvalue weighted by atomic mass is 9.96. The lowest BCUT2D eigenvalue weighted by molar-refractivity contribution is 0.171. The van der Waals surface area contributed by atoms with E-state index in [1.807, 2.05) is 0 Å². The van der Waals surface area contributed by atoms with E-state index < -0.39 is 12.0 Å². The number of hydrogen-bond acceptors (Lipinski definition) is 9. The SMILES string of the molecule is CSc1ncc(F)c(-c2ccc(-c3ncc(N(C4CC4)[C@H]4C[C@@H]5CC[C@@H](N5)[C@H]4F)nn3)c(O)c2)n1. The number of benzene rings is 1. The van der Waals surface area contributed by atoms with Crippen LogP contribution in [0.3, 0.4) is 0 Å². The summed E-state index contributed by atoms with van der Waals surface area (Å²) in [5.74, 6) is 0.117. The van der Waals surface area contributed by atoms with E-state index in [4.69, 9.17) is 0 Å². The van der Waals surface area contributed by atoms with Gasteiger partial charge in [-0.05, 0) is 50.5 Å². The van der Waals surface area contributed by atoms with Gasteiger partial charge in [0.1, 0.15) is 17.6 Å². The highest BCUT2D eigenvalue weighted by atomic mass is 32.2. The second-order valence-electron chi connectivity index (χ2n) is 9.36. The van der Waals surface area contributed by atoms with Gasteiger partial charge in [0.25, 0.3) is 0 Å². The van der Waals surface area contributed by atoms with Crippen molar-refractivity contribution in [3.8, 4) is 28.4 Å². The number of alkyl halides is 1. The van der Waals surface area contributed by atoms with E-state index in [0.29, 0.717) is 28.1 Å². The minimum Gasteiger partial charge on any atom is -0.507 e. The van der Waals surface area contributed by atoms with Crippen molar-refractivity contribution in [3.05, 3.63) is 36.4 Å². The van der Waals surface area contributed by atoms with Crippen LogP contribution in [0, 0.1) is 5.82 Å². The van der Waals surface area contributed by atoms with Crippen LogP contribution in [-0.2, 0) is 0 Å². The number of nitrogens with one attached hydrogen (secondary N) is 1. The maximum atomic E-state index is 15.3. The molecule has 3 aliphatic rings. The molecule has 4 atom stereocenters. The normalized spacial score (nSPS) is 25.6. The zero-order valence-corrected chi connectivity index (χ0v) is 19.9. The Labute approximate surface area is 205 Å². The number of thioether (sulfide) groups is 1. The van der Waals surface area contributed by atoms with Crippen molar-refractivity contribution in [1.29, 1.82) is 0 Å². The number of hydrogen-bond donors (Lipinski definition) is 2. The first kappa shape index (κ1) is 22.5. The van der Waals surface area contributed by atoms with Crippen molar-refractivity contribution >= 4 is 17.6 Å². The molecule has 2 saturated heterocycles. The number of aromatic hydroxyl groups is 1. The molecule has 35 heavy (non-hydrogen) atoms. The molecule has 1 saturated carbocycles. The van der Waals surface area contributed by atoms with E-state index in [-0.39, 0.29) is 35.4 Å². The standard InChI is InChI=1S/C24H25F2N7OS/c1-35-24-28-10-16(25)22(30-24)12-2-6-15(19(34)8-12)23-27-11-20(31-32-23)33(14-4-5-14)18-9-13-3-7-17(29-13)21(18)26/h2,6,8,10-11,13-14,17-18,21,29,34H,3-5,7,9H2,1H3/t13-,17+,18-,21+/m0/s1. The summed E-state index contributed by atoms with van der Waals surface area (Å²) in [6, 6.07) is 4.98. The molecule has 182 valence electrons. The molecule has 11 heteroatoms. The fourth-order valence-corrected chi connectivity index (χ4v) is 5.60. The Morgan fingerprint density at radius 3 is 2.69 bits per heavy atom. The van der Waals surface area contributed by atoms with Crippen LogP contribution in [0.1, 0.15) is 32.1 Å². The highest BCUT2D eigenvalue weighted by Crippen LogP contribution is 2.40. The van der Waals surface area contributed by atoms with Gasteiger partial charge in [-0.15, -0.1) is 10.2 Å². The molecule has 2 N–H and O–H groups in total. The quantitative estimate of drug-likeness (QED) is 0.389. The highest BCUT2D eigenvalue weighted by Gasteiger charge is 2.48. The number of phenolic OH excluding ortho intramolecular Hbond substituents is 1. The first-order valence-corrected chi connectivity index (χ1v) is 13.0. The Hall–Kier alpha value is -2.92. The van der Waals surface area contributed by atoms with Gasteiger partial charge in [-0.3, -0.25) is 0 Å². The van der Waals surface area contributed by atoms with Crippen LogP contribution in [0.5, 0.6) is 5.75 Å². The molecule has 6 rings (SSSR count). The molecule has 1 aromatic carbocycles. The van der Waals surface area contributed by atoms with Gasteiger partial charge in [-0.1, -0.05) is 17.8 Å². The van der Waals surface area contributed by atoms with E-state index in [9.17, 15) is 9.50 Å². The van der Waals surface area contributed by atoms with Gasteiger partial charge in [0, 0.05) is 23.7 Å². The van der Waals surface area contributed by atoms with Crippen LogP contribution in [0.25, 0.3) is 22.6 Å². The molecule has 8 nitrogen and oxygen atoms in total. The molecule has 3 fully saturated rings. The van der Waals surface area contributed by atoms with Gasteiger partial charge in [0.2, 0.25) is 0 Å². The number of anilines is 1. The molecule has 4 heterocycles. The number of nitrogens with zero attached hydrogens (tertiary/aromatic N) is 6. The number of phenols is 1. The summed E-state index contributed by atoms with van der Waals surface area (Å²) in [5.41, 5.74) is 0.895. The van der Waals surface area contributed by atoms with E-state index in [2.05, 4.69) is 35.4 Å². The van der Waals surface area contributed by atoms with Crippen molar-refractivity contribution in [2.45, 2.75) is 67.6 Å². The van der Waals surface area contributed by atoms with Gasteiger partial charge in [0.15, 0.2) is 22.6 Å². The van der Waals surface area contributed by atoms with Gasteiger partial charge < -0.3 is 15.3 Å². The van der Waals surface area contributed by atoms with Crippen LogP contribution >= 0.6 is 11.8 Å². The molecule has 1 aliphatic carbocycles. The lowest BCUT2D eigenvalue weighted by Gasteiger charge is -2.40. The third kappa shape index (κ3) is 4.20. The van der Waals surface area contributed by atoms with Crippen LogP contribution < -0.4 is 10.2 Å². The Morgan fingerprint density at radius 2 is 1.97 bits per heavy atom. The highest BCUT2D eigenvalue weighted by molar-refractivity contribution is 7.98. The topological polar surface area (TPSA) is 100.0 Å². The van der Waals surface area contributed by atoms with Gasteiger partial charge in [-0.25, -0.2) is 23.7 Å². The number of aromatic nitrogens is 5. The van der Waals surface area contributed by atoms with Gasteiger partial charge in [-0.2, -0.15) is 0 Å². The summed E-state index contributed by atoms with van der Waals surface area (Å²) in [7, 11) is 0. The number of piperidine rings is 1. The smallest absolute Gasteiger partial charge is 0.187 e. The fraction of sp³-hybridized carbons (Fsp3) is 0.458. The summed E-state index contributed by atoms with van der Waals surface area (Å²) in [6.07, 6.45) is 8.22. The number of halogens is 2. The molecule has 0 amide bonds. The van der Waals surface area contributed by atoms with Crippen molar-refractivity contribution < 1.29 is 13.9 Å². The first-order valence-electron chi connectivity index (χ1n) is 11.8. The van der Waals surface area contributed by atoms with E-state index in [0.717, 1.165) is 38.3 Å². The van der Waals surface area contributed by atoms with Crippen molar-refractivity contribution in [2.24, 2.45) is 0 Å². The van der Waals surface area contributed by atoms with Gasteiger partial charge in [0.05, 0.1) is 24.0 Å². The zero-order chi connectivity index (χ0) is 24.1. The lowest BCUT2D eigenvalue weighted by Crippen LogP contribution is -2.57. The average Bonchev–Trinajstić information content (AvgIpc) is 3.62. The average molecular weight is 498 g/mol.